The fourth-order valence-electron chi connectivity index (χ4n) is 0.690. The van der Waals surface area contributed by atoms with Crippen LogP contribution in [0.3, 0.4) is 0 Å². The van der Waals surface area contributed by atoms with Crippen LogP contribution in [0.2, 0.25) is 0 Å². The summed E-state index contributed by atoms with van der Waals surface area (Å²) >= 11 is 0. The van der Waals surface area contributed by atoms with Crippen LogP contribution in [-0.2, 0) is 30.4 Å². The second-order valence-electron chi connectivity index (χ2n) is 2.63. The quantitative estimate of drug-likeness (QED) is 0.364. The van der Waals surface area contributed by atoms with Crippen LogP contribution in [0.5, 0.6) is 0 Å². The van der Waals surface area contributed by atoms with Gasteiger partial charge in [-0.05, 0) is 0 Å². The maximum absolute atomic E-state index is 10.5. The van der Waals surface area contributed by atoms with Gasteiger partial charge in [0.15, 0.2) is 0 Å². The van der Waals surface area contributed by atoms with E-state index in [9.17, 15) is 25.3 Å². The maximum atomic E-state index is 10.5. The third kappa shape index (κ3) is 9.92. The Morgan fingerprint density at radius 1 is 0.750 bits per heavy atom. The molecule has 0 heterocycles. The summed E-state index contributed by atoms with van der Waals surface area (Å²) in [7, 11) is -14.6. The van der Waals surface area contributed by atoms with Gasteiger partial charge in [0.05, 0.1) is 11.5 Å². The van der Waals surface area contributed by atoms with E-state index in [2.05, 4.69) is 0 Å². The van der Waals surface area contributed by atoms with Gasteiger partial charge in [0.2, 0.25) is 0 Å². The second-order valence-corrected chi connectivity index (χ2v) is 7.33. The van der Waals surface area contributed by atoms with Crippen molar-refractivity contribution in [3.63, 3.8) is 0 Å². The zero-order chi connectivity index (χ0) is 12.5. The molecule has 0 fully saturated rings. The van der Waals surface area contributed by atoms with E-state index in [1.165, 1.54) is 0 Å². The Morgan fingerprint density at radius 3 is 1.12 bits per heavy atom. The molecule has 0 saturated heterocycles. The van der Waals surface area contributed by atoms with Crippen LogP contribution < -0.4 is 0 Å². The van der Waals surface area contributed by atoms with Gasteiger partial charge in [-0.25, -0.2) is 0 Å². The fourth-order valence-corrected chi connectivity index (χ4v) is 4.42. The summed E-state index contributed by atoms with van der Waals surface area (Å²) in [5.41, 5.74) is 0. The van der Waals surface area contributed by atoms with Crippen LogP contribution in [0.15, 0.2) is 0 Å². The molecule has 0 saturated carbocycles. The van der Waals surface area contributed by atoms with Crippen molar-refractivity contribution in [1.29, 1.82) is 0 Å². The van der Waals surface area contributed by atoms with Crippen molar-refractivity contribution in [2.24, 2.45) is 0 Å². The summed E-state index contributed by atoms with van der Waals surface area (Å²) < 4.78 is 87.1. The summed E-state index contributed by atoms with van der Waals surface area (Å²) in [6.07, 6.45) is 0. The van der Waals surface area contributed by atoms with Gasteiger partial charge in [-0.1, -0.05) is 0 Å². The molecule has 0 aromatic carbocycles. The van der Waals surface area contributed by atoms with E-state index in [4.69, 9.17) is 13.7 Å². The van der Waals surface area contributed by atoms with E-state index < -0.39 is 47.1 Å². The number of rotatable bonds is 5. The topological polar surface area (TPSA) is 163 Å². The molecular weight excluding hydrogens is 299 g/mol. The molecule has 0 aromatic heterocycles. The zero-order valence-electron chi connectivity index (χ0n) is 7.01. The summed E-state index contributed by atoms with van der Waals surface area (Å²) in [6.45, 7) is 0. The first-order valence-corrected chi connectivity index (χ1v) is 7.90. The first-order valence-electron chi connectivity index (χ1n) is 3.18. The molecule has 3 N–H and O–H groups in total. The molecule has 94 valence electrons. The summed E-state index contributed by atoms with van der Waals surface area (Å²) in [4.78, 5) is 0. The van der Waals surface area contributed by atoms with Crippen LogP contribution in [0.4, 0.5) is 0 Å². The average molecular weight is 308 g/mol. The van der Waals surface area contributed by atoms with Gasteiger partial charge < -0.3 is 0 Å². The Balaban J connectivity index is 0. The van der Waals surface area contributed by atoms with Gasteiger partial charge >= 0.3 is 29.6 Å². The Labute approximate surface area is 115 Å². The number of hydrogen-bond donors (Lipinski definition) is 3. The van der Waals surface area contributed by atoms with Gasteiger partial charge in [-0.15, -0.1) is 0 Å². The van der Waals surface area contributed by atoms with Crippen LogP contribution in [0.1, 0.15) is 0 Å². The van der Waals surface area contributed by atoms with Crippen LogP contribution in [0.25, 0.3) is 0 Å². The second kappa shape index (κ2) is 6.06. The van der Waals surface area contributed by atoms with E-state index in [0.717, 1.165) is 0 Å². The van der Waals surface area contributed by atoms with E-state index in [1.807, 2.05) is 0 Å². The molecule has 0 radical (unpaired) electrons. The monoisotopic (exact) mass is 308 g/mol. The van der Waals surface area contributed by atoms with Crippen molar-refractivity contribution in [2.75, 3.05) is 11.5 Å². The summed E-state index contributed by atoms with van der Waals surface area (Å²) in [6, 6.07) is 0. The van der Waals surface area contributed by atoms with E-state index >= 15 is 0 Å². The minimum atomic E-state index is -5.01. The van der Waals surface area contributed by atoms with E-state index in [-0.39, 0.29) is 29.6 Å². The Morgan fingerprint density at radius 2 is 1.00 bits per heavy atom. The van der Waals surface area contributed by atoms with Crippen LogP contribution in [0, 0.1) is 0 Å². The molecule has 0 aliphatic rings. The third-order valence-corrected chi connectivity index (χ3v) is 4.46. The molecule has 0 bridgehead atoms. The van der Waals surface area contributed by atoms with Crippen molar-refractivity contribution < 1.29 is 38.9 Å². The van der Waals surface area contributed by atoms with Gasteiger partial charge in [0.1, 0.15) is 5.25 Å². The van der Waals surface area contributed by atoms with Crippen LogP contribution in [-0.4, -0.2) is 85.2 Å². The number of hydrogen-bond acceptors (Lipinski definition) is 6. The van der Waals surface area contributed by atoms with E-state index in [0.29, 0.717) is 0 Å². The fraction of sp³-hybridized carbons (Fsp3) is 1.00. The SMILES string of the molecule is O=S(=O)(O)CC(CS(=O)(=O)O)S(=O)(=O)O.[NaH]. The van der Waals surface area contributed by atoms with E-state index in [1.54, 1.807) is 0 Å². The normalized spacial score (nSPS) is 13.5. The molecule has 0 rings (SSSR count). The standard InChI is InChI=1S/C3H8O9S3.Na.H/c4-13(5,6)1-3(15(10,11)12)2-14(7,8)9;;/h3H,1-2H2,(H,4,5,6)(H,7,8,9)(H,10,11,12);;. The predicted molar refractivity (Wildman–Crippen MR) is 55.3 cm³/mol. The zero-order valence-corrected chi connectivity index (χ0v) is 9.46. The molecule has 0 aliphatic carbocycles. The van der Waals surface area contributed by atoms with Crippen molar-refractivity contribution in [2.45, 2.75) is 5.25 Å². The minimum absolute atomic E-state index is 0. The van der Waals surface area contributed by atoms with Crippen molar-refractivity contribution in [3.8, 4) is 0 Å². The Hall–Kier alpha value is 0.730. The van der Waals surface area contributed by atoms with Crippen molar-refractivity contribution >= 4 is 59.9 Å². The molecular formula is C3H9NaO9S3. The molecule has 9 nitrogen and oxygen atoms in total. The van der Waals surface area contributed by atoms with Gasteiger partial charge in [0.25, 0.3) is 30.4 Å². The third-order valence-electron chi connectivity index (χ3n) is 1.21. The van der Waals surface area contributed by atoms with Gasteiger partial charge in [0, 0.05) is 0 Å². The Kier molecular flexibility index (Phi) is 7.23. The van der Waals surface area contributed by atoms with Crippen molar-refractivity contribution in [3.05, 3.63) is 0 Å². The molecule has 0 spiro atoms. The first kappa shape index (κ1) is 19.1. The molecule has 0 aliphatic heterocycles. The average Bonchev–Trinajstić information content (AvgIpc) is 1.75. The van der Waals surface area contributed by atoms with Gasteiger partial charge in [-0.2, -0.15) is 25.3 Å². The molecule has 0 atom stereocenters. The summed E-state index contributed by atoms with van der Waals surface area (Å²) in [5, 5.41) is -2.33. The van der Waals surface area contributed by atoms with Gasteiger partial charge in [-0.3, -0.25) is 13.7 Å². The summed E-state index contributed by atoms with van der Waals surface area (Å²) in [5.74, 6) is -3.04. The molecule has 16 heavy (non-hydrogen) atoms. The Bertz CT molecular complexity index is 478. The molecule has 0 amide bonds. The predicted octanol–water partition coefficient (Wildman–Crippen LogP) is -2.63. The van der Waals surface area contributed by atoms with Crippen molar-refractivity contribution in [1.82, 2.24) is 0 Å². The van der Waals surface area contributed by atoms with Crippen LogP contribution >= 0.6 is 0 Å². The molecule has 13 heteroatoms. The first-order chi connectivity index (χ1) is 6.31. The molecule has 0 aromatic rings. The molecule has 0 unspecified atom stereocenters.